The van der Waals surface area contributed by atoms with E-state index in [0.29, 0.717) is 5.92 Å². The van der Waals surface area contributed by atoms with Gasteiger partial charge in [-0.3, -0.25) is 14.4 Å². The number of rotatable bonds is 6. The average molecular weight is 339 g/mol. The van der Waals surface area contributed by atoms with E-state index < -0.39 is 0 Å². The molecule has 2 N–H and O–H groups in total. The number of aliphatic hydroxyl groups is 1. The summed E-state index contributed by atoms with van der Waals surface area (Å²) in [4.78, 5) is 39.5. The zero-order valence-corrected chi connectivity index (χ0v) is 14.5. The van der Waals surface area contributed by atoms with Crippen molar-refractivity contribution < 1.29 is 19.5 Å². The molecule has 0 aromatic carbocycles. The van der Waals surface area contributed by atoms with Crippen LogP contribution in [-0.4, -0.2) is 72.0 Å². The van der Waals surface area contributed by atoms with Crippen molar-refractivity contribution in [1.29, 1.82) is 0 Å². The summed E-state index contributed by atoms with van der Waals surface area (Å²) in [5.74, 6) is 0.228. The molecule has 2 aliphatic heterocycles. The van der Waals surface area contributed by atoms with Gasteiger partial charge in [0, 0.05) is 52.0 Å². The lowest BCUT2D eigenvalue weighted by molar-refractivity contribution is -0.142. The van der Waals surface area contributed by atoms with E-state index in [4.69, 9.17) is 5.11 Å². The van der Waals surface area contributed by atoms with Gasteiger partial charge in [0.2, 0.25) is 17.7 Å². The highest BCUT2D eigenvalue weighted by Crippen LogP contribution is 2.25. The lowest BCUT2D eigenvalue weighted by Crippen LogP contribution is -2.47. The normalized spacial score (nSPS) is 22.6. The first kappa shape index (κ1) is 18.7. The van der Waals surface area contributed by atoms with Gasteiger partial charge in [0.25, 0.3) is 0 Å². The van der Waals surface area contributed by atoms with Crippen LogP contribution in [0.1, 0.15) is 39.0 Å². The number of carbonyl (C=O) groups excluding carboxylic acids is 3. The van der Waals surface area contributed by atoms with Crippen molar-refractivity contribution in [3.05, 3.63) is 0 Å². The second-order valence-corrected chi connectivity index (χ2v) is 6.85. The third-order valence-corrected chi connectivity index (χ3v) is 5.05. The lowest BCUT2D eigenvalue weighted by atomic mass is 9.90. The highest BCUT2D eigenvalue weighted by Gasteiger charge is 2.32. The van der Waals surface area contributed by atoms with E-state index >= 15 is 0 Å². The van der Waals surface area contributed by atoms with Gasteiger partial charge in [0.15, 0.2) is 0 Å². The van der Waals surface area contributed by atoms with Crippen molar-refractivity contribution in [2.45, 2.75) is 39.0 Å². The van der Waals surface area contributed by atoms with E-state index in [0.717, 1.165) is 51.9 Å². The molecule has 1 unspecified atom stereocenters. The average Bonchev–Trinajstić information content (AvgIpc) is 2.57. The summed E-state index contributed by atoms with van der Waals surface area (Å²) in [7, 11) is 0. The monoisotopic (exact) mass is 339 g/mol. The summed E-state index contributed by atoms with van der Waals surface area (Å²) in [5.41, 5.74) is 0. The van der Waals surface area contributed by atoms with Gasteiger partial charge in [0.05, 0.1) is 6.61 Å². The smallest absolute Gasteiger partial charge is 0.226 e. The molecule has 2 aliphatic rings. The van der Waals surface area contributed by atoms with Gasteiger partial charge >= 0.3 is 0 Å². The predicted molar refractivity (Wildman–Crippen MR) is 89.0 cm³/mol. The number of nitrogens with one attached hydrogen (secondary N) is 1. The van der Waals surface area contributed by atoms with Gasteiger partial charge in [-0.05, 0) is 31.6 Å². The molecular weight excluding hydrogens is 310 g/mol. The van der Waals surface area contributed by atoms with Crippen LogP contribution in [-0.2, 0) is 14.4 Å². The van der Waals surface area contributed by atoms with Gasteiger partial charge in [-0.2, -0.15) is 0 Å². The number of amides is 3. The van der Waals surface area contributed by atoms with E-state index in [-0.39, 0.29) is 43.2 Å². The molecule has 3 amide bonds. The summed E-state index contributed by atoms with van der Waals surface area (Å²) < 4.78 is 0. The van der Waals surface area contributed by atoms with Gasteiger partial charge < -0.3 is 20.2 Å². The molecule has 2 rings (SSSR count). The molecule has 0 spiro atoms. The fourth-order valence-electron chi connectivity index (χ4n) is 3.62. The van der Waals surface area contributed by atoms with Gasteiger partial charge in [-0.25, -0.2) is 0 Å². The molecule has 0 aliphatic carbocycles. The van der Waals surface area contributed by atoms with E-state index in [1.165, 1.54) is 0 Å². The van der Waals surface area contributed by atoms with Crippen LogP contribution < -0.4 is 5.32 Å². The second-order valence-electron chi connectivity index (χ2n) is 6.85. The SMILES string of the molecule is CC(=O)N1CCC(CN2CCCC(CC(=O)NCCO)C2=O)CC1. The summed E-state index contributed by atoms with van der Waals surface area (Å²) >= 11 is 0. The van der Waals surface area contributed by atoms with E-state index in [9.17, 15) is 14.4 Å². The summed E-state index contributed by atoms with van der Waals surface area (Å²) in [5, 5.41) is 11.4. The topological polar surface area (TPSA) is 90.0 Å². The van der Waals surface area contributed by atoms with Crippen LogP contribution >= 0.6 is 0 Å². The van der Waals surface area contributed by atoms with Crippen molar-refractivity contribution in [3.63, 3.8) is 0 Å². The molecule has 0 radical (unpaired) electrons. The number of nitrogens with zero attached hydrogens (tertiary/aromatic N) is 2. The van der Waals surface area contributed by atoms with Crippen LogP contribution in [0.2, 0.25) is 0 Å². The molecule has 24 heavy (non-hydrogen) atoms. The van der Waals surface area contributed by atoms with Crippen LogP contribution in [0, 0.1) is 11.8 Å². The Kier molecular flexibility index (Phi) is 7.02. The van der Waals surface area contributed by atoms with Crippen LogP contribution in [0.25, 0.3) is 0 Å². The second kappa shape index (κ2) is 9.01. The quantitative estimate of drug-likeness (QED) is 0.712. The molecule has 7 nitrogen and oxygen atoms in total. The summed E-state index contributed by atoms with van der Waals surface area (Å²) in [6, 6.07) is 0. The lowest BCUT2D eigenvalue weighted by Gasteiger charge is -2.37. The van der Waals surface area contributed by atoms with Crippen molar-refractivity contribution >= 4 is 17.7 Å². The van der Waals surface area contributed by atoms with Crippen molar-refractivity contribution in [2.24, 2.45) is 11.8 Å². The maximum atomic E-state index is 12.6. The maximum Gasteiger partial charge on any atom is 0.226 e. The fourth-order valence-corrected chi connectivity index (χ4v) is 3.62. The molecule has 0 aromatic heterocycles. The molecule has 2 heterocycles. The number of carbonyl (C=O) groups is 3. The third-order valence-electron chi connectivity index (χ3n) is 5.05. The maximum absolute atomic E-state index is 12.6. The Morgan fingerprint density at radius 3 is 2.54 bits per heavy atom. The number of aliphatic hydroxyl groups excluding tert-OH is 1. The number of hydrogen-bond donors (Lipinski definition) is 2. The number of likely N-dealkylation sites (tertiary alicyclic amines) is 2. The van der Waals surface area contributed by atoms with Crippen LogP contribution in [0.5, 0.6) is 0 Å². The first-order valence-electron chi connectivity index (χ1n) is 8.93. The first-order valence-corrected chi connectivity index (χ1v) is 8.93. The minimum atomic E-state index is -0.241. The Morgan fingerprint density at radius 2 is 1.92 bits per heavy atom. The molecule has 2 saturated heterocycles. The zero-order chi connectivity index (χ0) is 17.5. The van der Waals surface area contributed by atoms with Crippen molar-refractivity contribution in [2.75, 3.05) is 39.3 Å². The molecule has 2 fully saturated rings. The minimum Gasteiger partial charge on any atom is -0.395 e. The molecule has 136 valence electrons. The molecular formula is C17H29N3O4. The predicted octanol–water partition coefficient (Wildman–Crippen LogP) is -0.0179. The Morgan fingerprint density at radius 1 is 1.21 bits per heavy atom. The summed E-state index contributed by atoms with van der Waals surface area (Å²) in [6.45, 7) is 4.79. The third kappa shape index (κ3) is 5.19. The Labute approximate surface area is 143 Å². The van der Waals surface area contributed by atoms with E-state index in [2.05, 4.69) is 5.32 Å². The molecule has 7 heteroatoms. The van der Waals surface area contributed by atoms with Crippen LogP contribution in [0.4, 0.5) is 0 Å². The zero-order valence-electron chi connectivity index (χ0n) is 14.5. The van der Waals surface area contributed by atoms with Crippen molar-refractivity contribution in [3.8, 4) is 0 Å². The molecule has 0 bridgehead atoms. The van der Waals surface area contributed by atoms with Gasteiger partial charge in [-0.1, -0.05) is 0 Å². The number of piperidine rings is 2. The Bertz CT molecular complexity index is 461. The van der Waals surface area contributed by atoms with Gasteiger partial charge in [0.1, 0.15) is 0 Å². The Balaban J connectivity index is 1.80. The standard InChI is InChI=1S/C17H29N3O4/c1-13(22)19-8-4-14(5-9-19)12-20-7-2-3-15(17(20)24)11-16(23)18-6-10-21/h14-15,21H,2-12H2,1H3,(H,18,23). The minimum absolute atomic E-state index is 0.0781. The fraction of sp³-hybridized carbons (Fsp3) is 0.824. The molecule has 0 saturated carbocycles. The van der Waals surface area contributed by atoms with Crippen LogP contribution in [0.15, 0.2) is 0 Å². The first-order chi connectivity index (χ1) is 11.5. The van der Waals surface area contributed by atoms with Crippen molar-refractivity contribution in [1.82, 2.24) is 15.1 Å². The summed E-state index contributed by atoms with van der Waals surface area (Å²) in [6.07, 6.45) is 3.76. The number of hydrogen-bond acceptors (Lipinski definition) is 4. The molecule has 1 atom stereocenters. The largest absolute Gasteiger partial charge is 0.395 e. The van der Waals surface area contributed by atoms with Crippen LogP contribution in [0.3, 0.4) is 0 Å². The van der Waals surface area contributed by atoms with E-state index in [1.54, 1.807) is 6.92 Å². The molecule has 0 aromatic rings. The Hall–Kier alpha value is -1.63. The highest BCUT2D eigenvalue weighted by atomic mass is 16.3. The van der Waals surface area contributed by atoms with Gasteiger partial charge in [-0.15, -0.1) is 0 Å². The highest BCUT2D eigenvalue weighted by molar-refractivity contribution is 5.86. The van der Waals surface area contributed by atoms with E-state index in [1.807, 2.05) is 9.80 Å².